The van der Waals surface area contributed by atoms with Crippen molar-refractivity contribution >= 4 is 23.4 Å². The van der Waals surface area contributed by atoms with E-state index in [1.54, 1.807) is 29.2 Å². The maximum absolute atomic E-state index is 13.6. The summed E-state index contributed by atoms with van der Waals surface area (Å²) in [5.41, 5.74) is -0.467. The minimum Gasteiger partial charge on any atom is -0.493 e. The first-order chi connectivity index (χ1) is 16.7. The minimum atomic E-state index is -0.783. The second-order valence-electron chi connectivity index (χ2n) is 9.55. The maximum Gasteiger partial charge on any atom is 0.254 e. The lowest BCUT2D eigenvalue weighted by Gasteiger charge is -2.42. The van der Waals surface area contributed by atoms with E-state index in [0.717, 1.165) is 31.3 Å². The van der Waals surface area contributed by atoms with E-state index in [2.05, 4.69) is 4.90 Å². The zero-order chi connectivity index (χ0) is 25.0. The number of rotatable bonds is 6. The van der Waals surface area contributed by atoms with Gasteiger partial charge in [-0.1, -0.05) is 11.6 Å². The number of amides is 2. The number of likely N-dealkylation sites (N-methyl/N-ethyl adjacent to an activating group) is 1. The summed E-state index contributed by atoms with van der Waals surface area (Å²) in [6.07, 6.45) is 1.41. The summed E-state index contributed by atoms with van der Waals surface area (Å²) in [5, 5.41) is 0.609. The summed E-state index contributed by atoms with van der Waals surface area (Å²) in [6, 6.07) is 9.92. The van der Waals surface area contributed by atoms with E-state index >= 15 is 0 Å². The van der Waals surface area contributed by atoms with Crippen LogP contribution in [0.1, 0.15) is 29.6 Å². The summed E-state index contributed by atoms with van der Waals surface area (Å²) in [6.45, 7) is 4.13. The van der Waals surface area contributed by atoms with Crippen molar-refractivity contribution < 1.29 is 23.1 Å². The summed E-state index contributed by atoms with van der Waals surface area (Å²) in [4.78, 5) is 31.8. The molecular formula is C26H30ClF2N3O3. The van der Waals surface area contributed by atoms with E-state index < -0.39 is 23.0 Å². The van der Waals surface area contributed by atoms with E-state index in [0.29, 0.717) is 62.8 Å². The van der Waals surface area contributed by atoms with E-state index in [1.807, 2.05) is 11.9 Å². The standard InChI is InChI=1S/C26H30ClF2N3O3/c1-30-10-12-31(13-11-30)24(33)17-26(18-35-23-4-2-20(27)3-5-23)6-8-32(9-7-26)25(34)19-14-21(28)16-22(29)15-19/h2-5,14-16H,6-13,17-18H2,1H3. The molecule has 2 amide bonds. The quantitative estimate of drug-likeness (QED) is 0.593. The predicted octanol–water partition coefficient (Wildman–Crippen LogP) is 4.08. The van der Waals surface area contributed by atoms with Crippen LogP contribution in [-0.4, -0.2) is 79.4 Å². The Kier molecular flexibility index (Phi) is 7.91. The fraction of sp³-hybridized carbons (Fsp3) is 0.462. The van der Waals surface area contributed by atoms with Crippen LogP contribution in [0.4, 0.5) is 8.78 Å². The van der Waals surface area contributed by atoms with Crippen molar-refractivity contribution in [2.75, 3.05) is 52.9 Å². The molecule has 2 aliphatic heterocycles. The molecule has 188 valence electrons. The lowest BCUT2D eigenvalue weighted by Crippen LogP contribution is -2.51. The maximum atomic E-state index is 13.6. The fourth-order valence-electron chi connectivity index (χ4n) is 4.67. The Morgan fingerprint density at radius 2 is 1.51 bits per heavy atom. The van der Waals surface area contributed by atoms with Crippen molar-refractivity contribution in [2.24, 2.45) is 5.41 Å². The highest BCUT2D eigenvalue weighted by atomic mass is 35.5. The zero-order valence-electron chi connectivity index (χ0n) is 19.8. The van der Waals surface area contributed by atoms with Gasteiger partial charge in [0.05, 0.1) is 6.61 Å². The normalized spacial score (nSPS) is 18.4. The molecule has 6 nitrogen and oxygen atoms in total. The number of ether oxygens (including phenoxy) is 1. The molecule has 2 fully saturated rings. The van der Waals surface area contributed by atoms with Crippen molar-refractivity contribution in [1.82, 2.24) is 14.7 Å². The average molecular weight is 506 g/mol. The Balaban J connectivity index is 1.45. The van der Waals surface area contributed by atoms with Gasteiger partial charge in [-0.25, -0.2) is 8.78 Å². The highest BCUT2D eigenvalue weighted by Gasteiger charge is 2.40. The van der Waals surface area contributed by atoms with Gasteiger partial charge in [0.1, 0.15) is 17.4 Å². The third-order valence-corrected chi connectivity index (χ3v) is 7.21. The SMILES string of the molecule is CN1CCN(C(=O)CC2(COc3ccc(Cl)cc3)CCN(C(=O)c3cc(F)cc(F)c3)CC2)CC1. The minimum absolute atomic E-state index is 0.0130. The van der Waals surface area contributed by atoms with Crippen LogP contribution in [0.3, 0.4) is 0 Å². The number of likely N-dealkylation sites (tertiary alicyclic amines) is 1. The van der Waals surface area contributed by atoms with Gasteiger partial charge in [-0.15, -0.1) is 0 Å². The third kappa shape index (κ3) is 6.49. The van der Waals surface area contributed by atoms with Gasteiger partial charge in [0, 0.05) is 67.8 Å². The molecular weight excluding hydrogens is 476 g/mol. The Morgan fingerprint density at radius 3 is 2.11 bits per heavy atom. The molecule has 0 radical (unpaired) electrons. The Bertz CT molecular complexity index is 1030. The highest BCUT2D eigenvalue weighted by Crippen LogP contribution is 2.37. The van der Waals surface area contributed by atoms with Crippen molar-refractivity contribution in [3.8, 4) is 5.75 Å². The van der Waals surface area contributed by atoms with Crippen LogP contribution in [0.2, 0.25) is 5.02 Å². The summed E-state index contributed by atoms with van der Waals surface area (Å²) in [5.74, 6) is -1.23. The molecule has 0 aromatic heterocycles. The zero-order valence-corrected chi connectivity index (χ0v) is 20.6. The molecule has 4 rings (SSSR count). The van der Waals surface area contributed by atoms with Gasteiger partial charge in [-0.3, -0.25) is 9.59 Å². The number of piperidine rings is 1. The van der Waals surface area contributed by atoms with Crippen LogP contribution in [-0.2, 0) is 4.79 Å². The molecule has 2 heterocycles. The lowest BCUT2D eigenvalue weighted by molar-refractivity contribution is -0.136. The number of halogens is 3. The van der Waals surface area contributed by atoms with E-state index in [4.69, 9.17) is 16.3 Å². The number of piperazine rings is 1. The van der Waals surface area contributed by atoms with Crippen molar-refractivity contribution in [1.29, 1.82) is 0 Å². The molecule has 2 aliphatic rings. The monoisotopic (exact) mass is 505 g/mol. The topological polar surface area (TPSA) is 53.1 Å². The number of benzene rings is 2. The second kappa shape index (κ2) is 10.9. The molecule has 0 saturated carbocycles. The van der Waals surface area contributed by atoms with Crippen molar-refractivity contribution in [3.05, 3.63) is 64.7 Å². The van der Waals surface area contributed by atoms with Crippen molar-refractivity contribution in [2.45, 2.75) is 19.3 Å². The van der Waals surface area contributed by atoms with Gasteiger partial charge in [0.25, 0.3) is 5.91 Å². The number of carbonyl (C=O) groups excluding carboxylic acids is 2. The van der Waals surface area contributed by atoms with Gasteiger partial charge in [0.15, 0.2) is 0 Å². The third-order valence-electron chi connectivity index (χ3n) is 6.96. The molecule has 0 unspecified atom stereocenters. The van der Waals surface area contributed by atoms with Gasteiger partial charge in [-0.05, 0) is 56.3 Å². The van der Waals surface area contributed by atoms with Crippen LogP contribution < -0.4 is 4.74 Å². The molecule has 0 atom stereocenters. The first kappa shape index (κ1) is 25.4. The lowest BCUT2D eigenvalue weighted by atomic mass is 9.75. The van der Waals surface area contributed by atoms with Crippen LogP contribution >= 0.6 is 11.6 Å². The predicted molar refractivity (Wildman–Crippen MR) is 130 cm³/mol. The number of carbonyl (C=O) groups is 2. The first-order valence-electron chi connectivity index (χ1n) is 11.8. The number of hydrogen-bond donors (Lipinski definition) is 0. The molecule has 0 spiro atoms. The van der Waals surface area contributed by atoms with Gasteiger partial charge < -0.3 is 19.4 Å². The van der Waals surface area contributed by atoms with Crippen LogP contribution in [0, 0.1) is 17.0 Å². The van der Waals surface area contributed by atoms with E-state index in [-0.39, 0.29) is 11.5 Å². The van der Waals surface area contributed by atoms with Crippen molar-refractivity contribution in [3.63, 3.8) is 0 Å². The molecule has 9 heteroatoms. The molecule has 2 aromatic carbocycles. The fourth-order valence-corrected chi connectivity index (χ4v) is 4.80. The highest BCUT2D eigenvalue weighted by molar-refractivity contribution is 6.30. The Hall–Kier alpha value is -2.71. The Labute approximate surface area is 209 Å². The smallest absolute Gasteiger partial charge is 0.254 e. The Morgan fingerprint density at radius 1 is 0.914 bits per heavy atom. The van der Waals surface area contributed by atoms with E-state index in [1.165, 1.54) is 0 Å². The summed E-state index contributed by atoms with van der Waals surface area (Å²) in [7, 11) is 2.04. The van der Waals surface area contributed by atoms with Gasteiger partial charge in [-0.2, -0.15) is 0 Å². The molecule has 0 N–H and O–H groups in total. The second-order valence-corrected chi connectivity index (χ2v) is 9.99. The summed E-state index contributed by atoms with van der Waals surface area (Å²) >= 11 is 5.98. The summed E-state index contributed by atoms with van der Waals surface area (Å²) < 4.78 is 33.3. The molecule has 0 aliphatic carbocycles. The van der Waals surface area contributed by atoms with Crippen LogP contribution in [0.25, 0.3) is 0 Å². The van der Waals surface area contributed by atoms with Gasteiger partial charge >= 0.3 is 0 Å². The molecule has 2 saturated heterocycles. The van der Waals surface area contributed by atoms with E-state index in [9.17, 15) is 18.4 Å². The van der Waals surface area contributed by atoms with Crippen LogP contribution in [0.15, 0.2) is 42.5 Å². The first-order valence-corrected chi connectivity index (χ1v) is 12.2. The number of hydrogen-bond acceptors (Lipinski definition) is 4. The van der Waals surface area contributed by atoms with Crippen LogP contribution in [0.5, 0.6) is 5.75 Å². The van der Waals surface area contributed by atoms with Gasteiger partial charge in [0.2, 0.25) is 5.91 Å². The number of nitrogens with zero attached hydrogens (tertiary/aromatic N) is 3. The molecule has 0 bridgehead atoms. The largest absolute Gasteiger partial charge is 0.493 e. The molecule has 2 aromatic rings. The average Bonchev–Trinajstić information content (AvgIpc) is 2.83. The molecule has 35 heavy (non-hydrogen) atoms.